The average Bonchev–Trinajstić information content (AvgIpc) is 2.63. The van der Waals surface area contributed by atoms with E-state index in [4.69, 9.17) is 9.47 Å². The van der Waals surface area contributed by atoms with Crippen molar-refractivity contribution in [2.75, 3.05) is 6.61 Å². The van der Waals surface area contributed by atoms with Crippen LogP contribution in [0.15, 0.2) is 12.2 Å². The maximum atomic E-state index is 11.6. The molecular formula is C19H34O9. The summed E-state index contributed by atoms with van der Waals surface area (Å²) in [5, 5.41) is 71.4. The highest BCUT2D eigenvalue weighted by Gasteiger charge is 2.63. The molecule has 1 aliphatic heterocycles. The lowest BCUT2D eigenvalue weighted by atomic mass is 9.56. The van der Waals surface area contributed by atoms with Gasteiger partial charge in [0.1, 0.15) is 35.6 Å². The van der Waals surface area contributed by atoms with Crippen LogP contribution >= 0.6 is 0 Å². The van der Waals surface area contributed by atoms with Crippen LogP contribution in [0, 0.1) is 5.41 Å². The van der Waals surface area contributed by atoms with Crippen molar-refractivity contribution in [2.24, 2.45) is 5.41 Å². The molecule has 0 amide bonds. The van der Waals surface area contributed by atoms with E-state index in [1.165, 1.54) is 19.1 Å². The molecule has 0 bridgehead atoms. The van der Waals surface area contributed by atoms with Gasteiger partial charge in [-0.05, 0) is 26.7 Å². The Hall–Kier alpha value is -0.620. The number of ether oxygens (including phenoxy) is 2. The van der Waals surface area contributed by atoms with E-state index in [2.05, 4.69) is 0 Å². The van der Waals surface area contributed by atoms with Crippen LogP contribution in [0.25, 0.3) is 0 Å². The van der Waals surface area contributed by atoms with Crippen LogP contribution in [-0.2, 0) is 9.47 Å². The Balaban J connectivity index is 2.40. The van der Waals surface area contributed by atoms with Gasteiger partial charge in [0.2, 0.25) is 0 Å². The van der Waals surface area contributed by atoms with Gasteiger partial charge in [0, 0.05) is 5.41 Å². The first-order valence-electron chi connectivity index (χ1n) is 9.57. The molecule has 1 saturated heterocycles. The van der Waals surface area contributed by atoms with Crippen LogP contribution in [0.1, 0.15) is 40.5 Å². The van der Waals surface area contributed by atoms with Crippen molar-refractivity contribution >= 4 is 0 Å². The van der Waals surface area contributed by atoms with Crippen LogP contribution in [0.4, 0.5) is 0 Å². The van der Waals surface area contributed by atoms with Gasteiger partial charge in [0.25, 0.3) is 0 Å². The molecule has 7 N–H and O–H groups in total. The molecule has 1 aliphatic carbocycles. The van der Waals surface area contributed by atoms with E-state index < -0.39 is 66.1 Å². The van der Waals surface area contributed by atoms with Gasteiger partial charge in [-0.2, -0.15) is 0 Å². The van der Waals surface area contributed by atoms with E-state index in [1.807, 2.05) is 0 Å². The Morgan fingerprint density at radius 1 is 1.11 bits per heavy atom. The molecule has 0 aromatic heterocycles. The maximum Gasteiger partial charge on any atom is 0.187 e. The van der Waals surface area contributed by atoms with Gasteiger partial charge in [-0.15, -0.1) is 0 Å². The maximum absolute atomic E-state index is 11.6. The van der Waals surface area contributed by atoms with Crippen LogP contribution in [0.2, 0.25) is 0 Å². The van der Waals surface area contributed by atoms with Gasteiger partial charge >= 0.3 is 0 Å². The molecule has 0 unspecified atom stereocenters. The summed E-state index contributed by atoms with van der Waals surface area (Å²) in [7, 11) is 0. The topological polar surface area (TPSA) is 160 Å². The fourth-order valence-electron chi connectivity index (χ4n) is 4.14. The summed E-state index contributed by atoms with van der Waals surface area (Å²) < 4.78 is 11.4. The number of hydrogen-bond acceptors (Lipinski definition) is 9. The van der Waals surface area contributed by atoms with Crippen molar-refractivity contribution in [3.63, 3.8) is 0 Å². The molecule has 2 aliphatic rings. The third-order valence-corrected chi connectivity index (χ3v) is 6.36. The standard InChI is InChI=1S/C19H34O9/c1-10(21)5-8-19(26)17(2,3)12(22)6-7-18(19,4)28-16-15(25)14(24)13(23)11(9-20)27-16/h5,8,10-16,20-26H,6-7,9H2,1-4H3/t10-,11+,12+,13+,14-,15+,16-,18+,19+/m0/s1. The van der Waals surface area contributed by atoms with E-state index in [-0.39, 0.29) is 6.42 Å². The predicted molar refractivity (Wildman–Crippen MR) is 98.0 cm³/mol. The van der Waals surface area contributed by atoms with E-state index in [0.717, 1.165) is 0 Å². The minimum Gasteiger partial charge on any atom is -0.394 e. The largest absolute Gasteiger partial charge is 0.394 e. The monoisotopic (exact) mass is 406 g/mol. The Morgan fingerprint density at radius 2 is 1.71 bits per heavy atom. The predicted octanol–water partition coefficient (Wildman–Crippen LogP) is -1.59. The van der Waals surface area contributed by atoms with Crippen LogP contribution < -0.4 is 0 Å². The SMILES string of the molecule is C[C@H](O)C=C[C@@]1(O)C(C)(C)[C@H](O)CC[C@@]1(C)O[C@@H]1O[C@H](CO)[C@@H](O)[C@H](O)[C@H]1O. The van der Waals surface area contributed by atoms with E-state index >= 15 is 0 Å². The van der Waals surface area contributed by atoms with Crippen LogP contribution in [0.5, 0.6) is 0 Å². The van der Waals surface area contributed by atoms with Gasteiger partial charge in [-0.1, -0.05) is 26.0 Å². The van der Waals surface area contributed by atoms with Crippen molar-refractivity contribution in [3.8, 4) is 0 Å². The molecule has 0 spiro atoms. The first-order chi connectivity index (χ1) is 12.8. The summed E-state index contributed by atoms with van der Waals surface area (Å²) in [5.74, 6) is 0. The Morgan fingerprint density at radius 3 is 2.25 bits per heavy atom. The highest BCUT2D eigenvalue weighted by atomic mass is 16.7. The molecule has 9 heteroatoms. The van der Waals surface area contributed by atoms with E-state index in [1.54, 1.807) is 20.8 Å². The van der Waals surface area contributed by atoms with Gasteiger partial charge in [-0.25, -0.2) is 0 Å². The second-order valence-corrected chi connectivity index (χ2v) is 8.69. The van der Waals surface area contributed by atoms with Crippen molar-refractivity contribution in [2.45, 2.75) is 94.7 Å². The fourth-order valence-corrected chi connectivity index (χ4v) is 4.14. The van der Waals surface area contributed by atoms with Crippen molar-refractivity contribution < 1.29 is 45.2 Å². The van der Waals surface area contributed by atoms with Gasteiger partial charge in [-0.3, -0.25) is 0 Å². The zero-order valence-electron chi connectivity index (χ0n) is 16.8. The average molecular weight is 406 g/mol. The number of aliphatic hydroxyl groups excluding tert-OH is 6. The lowest BCUT2D eigenvalue weighted by Crippen LogP contribution is -2.70. The lowest BCUT2D eigenvalue weighted by Gasteiger charge is -2.58. The molecule has 28 heavy (non-hydrogen) atoms. The molecule has 164 valence electrons. The minimum absolute atomic E-state index is 0.188. The highest BCUT2D eigenvalue weighted by Crippen LogP contribution is 2.52. The molecule has 1 heterocycles. The molecule has 2 rings (SSSR count). The second kappa shape index (κ2) is 8.25. The number of aliphatic hydroxyl groups is 7. The quantitative estimate of drug-likeness (QED) is 0.267. The number of rotatable bonds is 5. The molecule has 0 radical (unpaired) electrons. The molecule has 9 atom stereocenters. The Kier molecular flexibility index (Phi) is 6.97. The summed E-state index contributed by atoms with van der Waals surface area (Å²) >= 11 is 0. The van der Waals surface area contributed by atoms with Crippen LogP contribution in [0.3, 0.4) is 0 Å². The van der Waals surface area contributed by atoms with Gasteiger partial charge in [0.05, 0.1) is 18.8 Å². The smallest absolute Gasteiger partial charge is 0.187 e. The zero-order valence-corrected chi connectivity index (χ0v) is 16.8. The molecule has 2 fully saturated rings. The van der Waals surface area contributed by atoms with Gasteiger partial charge in [0.15, 0.2) is 6.29 Å². The zero-order chi connectivity index (χ0) is 21.5. The van der Waals surface area contributed by atoms with Crippen molar-refractivity contribution in [3.05, 3.63) is 12.2 Å². The van der Waals surface area contributed by atoms with E-state index in [0.29, 0.717) is 6.42 Å². The Bertz CT molecular complexity index is 564. The van der Waals surface area contributed by atoms with E-state index in [9.17, 15) is 35.7 Å². The lowest BCUT2D eigenvalue weighted by molar-refractivity contribution is -0.357. The number of hydrogen-bond donors (Lipinski definition) is 7. The first-order valence-corrected chi connectivity index (χ1v) is 9.57. The fraction of sp³-hybridized carbons (Fsp3) is 0.895. The minimum atomic E-state index is -1.77. The highest BCUT2D eigenvalue weighted by molar-refractivity contribution is 5.23. The molecule has 9 nitrogen and oxygen atoms in total. The third-order valence-electron chi connectivity index (χ3n) is 6.36. The summed E-state index contributed by atoms with van der Waals surface area (Å²) in [4.78, 5) is 0. The third kappa shape index (κ3) is 3.88. The molecule has 0 aromatic carbocycles. The van der Waals surface area contributed by atoms with Gasteiger partial charge < -0.3 is 45.2 Å². The summed E-state index contributed by atoms with van der Waals surface area (Å²) in [6.07, 6.45) is -5.78. The molecular weight excluding hydrogens is 372 g/mol. The van der Waals surface area contributed by atoms with Crippen molar-refractivity contribution in [1.82, 2.24) is 0 Å². The summed E-state index contributed by atoms with van der Waals surface area (Å²) in [6.45, 7) is 5.84. The Labute approximate surface area is 164 Å². The summed E-state index contributed by atoms with van der Waals surface area (Å²) in [5.41, 5.74) is -4.23. The molecule has 1 saturated carbocycles. The van der Waals surface area contributed by atoms with Crippen LogP contribution in [-0.4, -0.2) is 96.5 Å². The second-order valence-electron chi connectivity index (χ2n) is 8.69. The summed E-state index contributed by atoms with van der Waals surface area (Å²) in [6, 6.07) is 0. The first kappa shape index (κ1) is 23.7. The van der Waals surface area contributed by atoms with Crippen molar-refractivity contribution in [1.29, 1.82) is 0 Å². The molecule has 0 aromatic rings. The normalized spacial score (nSPS) is 48.0.